The largest absolute Gasteiger partial charge is 0.324 e. The minimum atomic E-state index is -1.10. The number of thiocarbonyl (C=S) groups is 1. The number of nitrogens with zero attached hydrogens (tertiary/aromatic N) is 2. The Morgan fingerprint density at radius 1 is 1.40 bits per heavy atom. The lowest BCUT2D eigenvalue weighted by atomic mass is 10.00. The van der Waals surface area contributed by atoms with Crippen molar-refractivity contribution < 1.29 is 14.4 Å². The third-order valence-electron chi connectivity index (χ3n) is 4.42. The fourth-order valence-electron chi connectivity index (χ4n) is 3.00. The van der Waals surface area contributed by atoms with Gasteiger partial charge in [0.25, 0.3) is 0 Å². The molecule has 1 aromatic carbocycles. The van der Waals surface area contributed by atoms with Gasteiger partial charge in [-0.05, 0) is 50.7 Å². The number of hydrogen-bond acceptors (Lipinski definition) is 5. The summed E-state index contributed by atoms with van der Waals surface area (Å²) < 4.78 is 0. The number of aryl methyl sites for hydroxylation is 1. The van der Waals surface area contributed by atoms with Crippen molar-refractivity contribution in [3.63, 3.8) is 0 Å². The molecule has 0 bridgehead atoms. The molecule has 1 aromatic rings. The van der Waals surface area contributed by atoms with Crippen LogP contribution >= 0.6 is 23.8 Å². The van der Waals surface area contributed by atoms with Crippen molar-refractivity contribution in [1.82, 2.24) is 15.3 Å². The monoisotopic (exact) mass is 380 g/mol. The number of benzene rings is 1. The van der Waals surface area contributed by atoms with Crippen molar-refractivity contribution in [2.75, 3.05) is 5.32 Å². The van der Waals surface area contributed by atoms with Crippen LogP contribution in [0.4, 0.5) is 5.69 Å². The van der Waals surface area contributed by atoms with Gasteiger partial charge < -0.3 is 5.32 Å². The van der Waals surface area contributed by atoms with E-state index in [0.717, 1.165) is 5.56 Å². The number of carbonyl (C=O) groups is 3. The minimum Gasteiger partial charge on any atom is -0.324 e. The van der Waals surface area contributed by atoms with Crippen LogP contribution in [0.3, 0.4) is 0 Å². The van der Waals surface area contributed by atoms with Crippen molar-refractivity contribution in [1.29, 1.82) is 0 Å². The standard InChI is InChI=1S/C16H17ClN4O3S/c1-8-4-5-9(17)6-10(8)18-13(23)11-7-12(22)20-15(25)19-14(24)16(2,3)21(11)20/h4-6,11H,7H2,1-3H3,(H,18,23)(H,19,24,25)/t11-/m1/s1. The lowest BCUT2D eigenvalue weighted by molar-refractivity contribution is -0.154. The van der Waals surface area contributed by atoms with E-state index in [1.165, 1.54) is 10.0 Å². The first-order valence-corrected chi connectivity index (χ1v) is 8.46. The van der Waals surface area contributed by atoms with Crippen LogP contribution in [0.1, 0.15) is 25.8 Å². The van der Waals surface area contributed by atoms with E-state index in [0.29, 0.717) is 10.7 Å². The molecule has 2 N–H and O–H groups in total. The van der Waals surface area contributed by atoms with Gasteiger partial charge in [0.05, 0.1) is 6.42 Å². The number of halogens is 1. The van der Waals surface area contributed by atoms with Crippen LogP contribution < -0.4 is 10.6 Å². The van der Waals surface area contributed by atoms with Gasteiger partial charge in [0.2, 0.25) is 17.7 Å². The Balaban J connectivity index is 1.92. The zero-order chi connectivity index (χ0) is 18.5. The fraction of sp³-hybridized carbons (Fsp3) is 0.375. The van der Waals surface area contributed by atoms with Gasteiger partial charge >= 0.3 is 0 Å². The van der Waals surface area contributed by atoms with Crippen molar-refractivity contribution in [3.05, 3.63) is 28.8 Å². The molecular formula is C16H17ClN4O3S. The number of hydrazine groups is 1. The number of carbonyl (C=O) groups excluding carboxylic acids is 3. The number of anilines is 1. The van der Waals surface area contributed by atoms with Crippen LogP contribution in [0.2, 0.25) is 5.02 Å². The molecule has 132 valence electrons. The molecule has 7 nitrogen and oxygen atoms in total. The van der Waals surface area contributed by atoms with E-state index < -0.39 is 17.5 Å². The second-order valence-corrected chi connectivity index (χ2v) is 7.36. The number of rotatable bonds is 2. The fourth-order valence-corrected chi connectivity index (χ4v) is 3.46. The van der Waals surface area contributed by atoms with Crippen LogP contribution in [-0.4, -0.2) is 44.4 Å². The van der Waals surface area contributed by atoms with E-state index in [1.54, 1.807) is 32.0 Å². The highest BCUT2D eigenvalue weighted by Gasteiger charge is 2.56. The van der Waals surface area contributed by atoms with Crippen molar-refractivity contribution >= 4 is 52.3 Å². The summed E-state index contributed by atoms with van der Waals surface area (Å²) in [6, 6.07) is 4.31. The summed E-state index contributed by atoms with van der Waals surface area (Å²) in [7, 11) is 0. The third-order valence-corrected chi connectivity index (χ3v) is 4.93. The van der Waals surface area contributed by atoms with E-state index in [1.807, 2.05) is 6.92 Å². The molecule has 0 radical (unpaired) electrons. The van der Waals surface area contributed by atoms with Gasteiger partial charge in [-0.25, -0.2) is 5.01 Å². The average molecular weight is 381 g/mol. The summed E-state index contributed by atoms with van der Waals surface area (Å²) in [6.07, 6.45) is -0.0655. The van der Waals surface area contributed by atoms with Gasteiger partial charge in [0, 0.05) is 10.7 Å². The normalized spacial score (nSPS) is 22.6. The molecule has 9 heteroatoms. The van der Waals surface area contributed by atoms with Gasteiger partial charge in [-0.2, -0.15) is 5.01 Å². The van der Waals surface area contributed by atoms with Crippen LogP contribution in [0.5, 0.6) is 0 Å². The van der Waals surface area contributed by atoms with Crippen molar-refractivity contribution in [2.24, 2.45) is 0 Å². The average Bonchev–Trinajstić information content (AvgIpc) is 2.88. The number of nitrogens with one attached hydrogen (secondary N) is 2. The van der Waals surface area contributed by atoms with Crippen LogP contribution in [0.15, 0.2) is 18.2 Å². The van der Waals surface area contributed by atoms with Gasteiger partial charge in [-0.15, -0.1) is 0 Å². The number of hydrogen-bond donors (Lipinski definition) is 2. The van der Waals surface area contributed by atoms with Crippen LogP contribution in [0, 0.1) is 6.92 Å². The third kappa shape index (κ3) is 2.90. The molecule has 3 amide bonds. The molecule has 25 heavy (non-hydrogen) atoms. The zero-order valence-corrected chi connectivity index (χ0v) is 15.5. The van der Waals surface area contributed by atoms with Gasteiger partial charge in [0.1, 0.15) is 11.6 Å². The Hall–Kier alpha value is -2.03. The quantitative estimate of drug-likeness (QED) is 0.761. The lowest BCUT2D eigenvalue weighted by Crippen LogP contribution is -2.71. The molecule has 1 atom stereocenters. The Kier molecular flexibility index (Phi) is 4.30. The van der Waals surface area contributed by atoms with Gasteiger partial charge in [-0.3, -0.25) is 19.7 Å². The van der Waals surface area contributed by atoms with E-state index in [-0.39, 0.29) is 23.3 Å². The molecule has 0 unspecified atom stereocenters. The molecule has 3 rings (SSSR count). The Morgan fingerprint density at radius 2 is 2.08 bits per heavy atom. The van der Waals surface area contributed by atoms with E-state index in [9.17, 15) is 14.4 Å². The molecule has 0 spiro atoms. The first-order valence-electron chi connectivity index (χ1n) is 7.67. The molecule has 2 heterocycles. The molecule has 0 aliphatic carbocycles. The Bertz CT molecular complexity index is 811. The van der Waals surface area contributed by atoms with Crippen LogP contribution in [0.25, 0.3) is 0 Å². The molecule has 2 saturated heterocycles. The summed E-state index contributed by atoms with van der Waals surface area (Å²) in [6.45, 7) is 5.12. The second kappa shape index (κ2) is 6.05. The maximum atomic E-state index is 12.8. The maximum Gasteiger partial charge on any atom is 0.248 e. The van der Waals surface area contributed by atoms with E-state index >= 15 is 0 Å². The Labute approximate surface area is 155 Å². The van der Waals surface area contributed by atoms with Crippen LogP contribution in [-0.2, 0) is 14.4 Å². The molecule has 2 fully saturated rings. The molecule has 0 saturated carbocycles. The van der Waals surface area contributed by atoms with Gasteiger partial charge in [-0.1, -0.05) is 17.7 Å². The number of fused-ring (bicyclic) bond motifs is 1. The predicted octanol–water partition coefficient (Wildman–Crippen LogP) is 1.60. The van der Waals surface area contributed by atoms with Crippen molar-refractivity contribution in [3.8, 4) is 0 Å². The summed E-state index contributed by atoms with van der Waals surface area (Å²) >= 11 is 11.1. The molecule has 0 aromatic heterocycles. The highest BCUT2D eigenvalue weighted by atomic mass is 35.5. The highest BCUT2D eigenvalue weighted by molar-refractivity contribution is 7.80. The molecule has 2 aliphatic rings. The highest BCUT2D eigenvalue weighted by Crippen LogP contribution is 2.33. The zero-order valence-electron chi connectivity index (χ0n) is 13.9. The van der Waals surface area contributed by atoms with E-state index in [2.05, 4.69) is 10.6 Å². The number of amides is 3. The smallest absolute Gasteiger partial charge is 0.248 e. The summed E-state index contributed by atoms with van der Waals surface area (Å²) in [4.78, 5) is 37.4. The second-order valence-electron chi connectivity index (χ2n) is 6.54. The maximum absolute atomic E-state index is 12.8. The molecular weight excluding hydrogens is 364 g/mol. The van der Waals surface area contributed by atoms with Gasteiger partial charge in [0.15, 0.2) is 5.11 Å². The predicted molar refractivity (Wildman–Crippen MR) is 96.7 cm³/mol. The van der Waals surface area contributed by atoms with E-state index in [4.69, 9.17) is 23.8 Å². The first kappa shape index (κ1) is 17.8. The summed E-state index contributed by atoms with van der Waals surface area (Å²) in [5, 5.41) is 8.43. The SMILES string of the molecule is Cc1ccc(Cl)cc1NC(=O)[C@H]1CC(=O)N2C(=S)NC(=O)C(C)(C)N12. The minimum absolute atomic E-state index is 0.0106. The lowest BCUT2D eigenvalue weighted by Gasteiger charge is -2.45. The Morgan fingerprint density at radius 3 is 2.76 bits per heavy atom. The summed E-state index contributed by atoms with van der Waals surface area (Å²) in [5.41, 5.74) is 0.301. The molecule has 2 aliphatic heterocycles. The topological polar surface area (TPSA) is 81.8 Å². The summed E-state index contributed by atoms with van der Waals surface area (Å²) in [5.74, 6) is -1.09. The first-order chi connectivity index (χ1) is 11.6. The van der Waals surface area contributed by atoms with Crippen molar-refractivity contribution in [2.45, 2.75) is 38.8 Å².